The maximum absolute atomic E-state index is 13.2. The molecule has 30 heavy (non-hydrogen) atoms. The SMILES string of the molecule is CC(=O)C1CCCC(C(=O)O)CCC(C(=O)NC2CCCCCC(C)CCC2)CC1. The molecule has 2 saturated carbocycles. The van der Waals surface area contributed by atoms with E-state index in [0.29, 0.717) is 25.7 Å². The third kappa shape index (κ3) is 8.77. The molecule has 0 aromatic carbocycles. The van der Waals surface area contributed by atoms with Crippen LogP contribution in [0.25, 0.3) is 0 Å². The fourth-order valence-corrected chi connectivity index (χ4v) is 5.29. The Hall–Kier alpha value is -1.39. The highest BCUT2D eigenvalue weighted by Crippen LogP contribution is 2.29. The number of ketones is 1. The summed E-state index contributed by atoms with van der Waals surface area (Å²) < 4.78 is 0. The van der Waals surface area contributed by atoms with Crippen molar-refractivity contribution in [1.29, 1.82) is 0 Å². The van der Waals surface area contributed by atoms with Crippen molar-refractivity contribution >= 4 is 17.7 Å². The summed E-state index contributed by atoms with van der Waals surface area (Å²) in [5, 5.41) is 12.9. The van der Waals surface area contributed by atoms with Crippen molar-refractivity contribution in [3.05, 3.63) is 0 Å². The predicted octanol–water partition coefficient (Wildman–Crippen LogP) is 5.51. The van der Waals surface area contributed by atoms with Crippen LogP contribution in [0.4, 0.5) is 0 Å². The highest BCUT2D eigenvalue weighted by Gasteiger charge is 2.28. The average molecular weight is 422 g/mol. The summed E-state index contributed by atoms with van der Waals surface area (Å²) in [6.07, 6.45) is 14.2. The molecule has 0 radical (unpaired) electrons. The van der Waals surface area contributed by atoms with Gasteiger partial charge >= 0.3 is 5.97 Å². The van der Waals surface area contributed by atoms with Gasteiger partial charge in [-0.2, -0.15) is 0 Å². The Morgan fingerprint density at radius 1 is 0.667 bits per heavy atom. The van der Waals surface area contributed by atoms with Gasteiger partial charge in [0, 0.05) is 17.9 Å². The number of hydrogen-bond acceptors (Lipinski definition) is 3. The highest BCUT2D eigenvalue weighted by molar-refractivity contribution is 5.80. The van der Waals surface area contributed by atoms with Gasteiger partial charge in [0.05, 0.1) is 5.92 Å². The number of carbonyl (C=O) groups excluding carboxylic acids is 2. The first-order chi connectivity index (χ1) is 14.4. The molecule has 172 valence electrons. The van der Waals surface area contributed by atoms with Crippen LogP contribution in [0.15, 0.2) is 0 Å². The van der Waals surface area contributed by atoms with Crippen LogP contribution in [-0.4, -0.2) is 28.8 Å². The van der Waals surface area contributed by atoms with Gasteiger partial charge in [-0.3, -0.25) is 14.4 Å². The lowest BCUT2D eigenvalue weighted by atomic mass is 9.82. The van der Waals surface area contributed by atoms with Crippen LogP contribution in [0.2, 0.25) is 0 Å². The van der Waals surface area contributed by atoms with Crippen molar-refractivity contribution in [1.82, 2.24) is 5.32 Å². The highest BCUT2D eigenvalue weighted by atomic mass is 16.4. The summed E-state index contributed by atoms with van der Waals surface area (Å²) in [5.41, 5.74) is 0. The first kappa shape index (κ1) is 24.9. The Kier molecular flexibility index (Phi) is 10.9. The monoisotopic (exact) mass is 421 g/mol. The summed E-state index contributed by atoms with van der Waals surface area (Å²) in [7, 11) is 0. The fourth-order valence-electron chi connectivity index (χ4n) is 5.29. The van der Waals surface area contributed by atoms with Gasteiger partial charge in [-0.1, -0.05) is 51.9 Å². The van der Waals surface area contributed by atoms with Gasteiger partial charge in [0.15, 0.2) is 0 Å². The van der Waals surface area contributed by atoms with E-state index >= 15 is 0 Å². The second-order valence-electron chi connectivity index (χ2n) is 10.0. The van der Waals surface area contributed by atoms with Crippen LogP contribution in [-0.2, 0) is 14.4 Å². The van der Waals surface area contributed by atoms with E-state index in [0.717, 1.165) is 50.9 Å². The van der Waals surface area contributed by atoms with Crippen LogP contribution in [0, 0.1) is 23.7 Å². The van der Waals surface area contributed by atoms with E-state index < -0.39 is 11.9 Å². The maximum Gasteiger partial charge on any atom is 0.306 e. The van der Waals surface area contributed by atoms with Gasteiger partial charge in [-0.05, 0) is 64.2 Å². The molecule has 2 rings (SSSR count). The Balaban J connectivity index is 1.99. The van der Waals surface area contributed by atoms with E-state index in [-0.39, 0.29) is 29.6 Å². The van der Waals surface area contributed by atoms with E-state index in [2.05, 4.69) is 12.2 Å². The van der Waals surface area contributed by atoms with Crippen molar-refractivity contribution < 1.29 is 19.5 Å². The minimum atomic E-state index is -0.768. The molecule has 1 amide bonds. The zero-order chi connectivity index (χ0) is 21.9. The zero-order valence-electron chi connectivity index (χ0n) is 19.2. The van der Waals surface area contributed by atoms with Crippen LogP contribution >= 0.6 is 0 Å². The molecular weight excluding hydrogens is 378 g/mol. The van der Waals surface area contributed by atoms with Crippen LogP contribution in [0.3, 0.4) is 0 Å². The lowest BCUT2D eigenvalue weighted by molar-refractivity contribution is -0.142. The summed E-state index contributed by atoms with van der Waals surface area (Å²) in [6.45, 7) is 3.96. The second kappa shape index (κ2) is 13.1. The molecule has 0 saturated heterocycles. The normalized spacial score (nSPS) is 32.5. The van der Waals surface area contributed by atoms with Crippen molar-refractivity contribution in [2.24, 2.45) is 23.7 Å². The van der Waals surface area contributed by atoms with Crippen LogP contribution < -0.4 is 5.32 Å². The van der Waals surface area contributed by atoms with E-state index in [9.17, 15) is 19.5 Å². The second-order valence-corrected chi connectivity index (χ2v) is 10.0. The maximum atomic E-state index is 13.2. The van der Waals surface area contributed by atoms with E-state index in [1.807, 2.05) is 0 Å². The number of Topliss-reactive ketones (excluding diaryl/α,β-unsaturated/α-hetero) is 1. The minimum Gasteiger partial charge on any atom is -0.481 e. The van der Waals surface area contributed by atoms with Gasteiger partial charge < -0.3 is 10.4 Å². The Morgan fingerprint density at radius 2 is 1.20 bits per heavy atom. The third-order valence-electron chi connectivity index (χ3n) is 7.47. The number of carbonyl (C=O) groups is 3. The molecule has 5 atom stereocenters. The molecule has 0 spiro atoms. The topological polar surface area (TPSA) is 83.5 Å². The molecular formula is C25H43NO4. The smallest absolute Gasteiger partial charge is 0.306 e. The Morgan fingerprint density at radius 3 is 1.90 bits per heavy atom. The molecule has 5 nitrogen and oxygen atoms in total. The van der Waals surface area contributed by atoms with E-state index in [4.69, 9.17) is 0 Å². The van der Waals surface area contributed by atoms with Crippen molar-refractivity contribution in [2.75, 3.05) is 0 Å². The molecule has 0 heterocycles. The van der Waals surface area contributed by atoms with E-state index in [1.54, 1.807) is 6.92 Å². The first-order valence-electron chi connectivity index (χ1n) is 12.4. The van der Waals surface area contributed by atoms with Crippen molar-refractivity contribution in [3.63, 3.8) is 0 Å². The van der Waals surface area contributed by atoms with Crippen LogP contribution in [0.1, 0.15) is 110 Å². The molecule has 0 aromatic rings. The number of nitrogens with one attached hydrogen (secondary N) is 1. The van der Waals surface area contributed by atoms with E-state index in [1.165, 1.54) is 25.7 Å². The Labute approximate surface area is 182 Å². The summed E-state index contributed by atoms with van der Waals surface area (Å²) in [6, 6.07) is 0.233. The van der Waals surface area contributed by atoms with Gasteiger partial charge in [0.2, 0.25) is 5.91 Å². The third-order valence-corrected chi connectivity index (χ3v) is 7.47. The quantitative estimate of drug-likeness (QED) is 0.627. The predicted molar refractivity (Wildman–Crippen MR) is 119 cm³/mol. The average Bonchev–Trinajstić information content (AvgIpc) is 2.70. The Bertz CT molecular complexity index is 535. The van der Waals surface area contributed by atoms with Gasteiger partial charge in [-0.25, -0.2) is 0 Å². The van der Waals surface area contributed by atoms with Crippen molar-refractivity contribution in [2.45, 2.75) is 116 Å². The van der Waals surface area contributed by atoms with Gasteiger partial charge in [-0.15, -0.1) is 0 Å². The molecule has 5 heteroatoms. The van der Waals surface area contributed by atoms with Crippen LogP contribution in [0.5, 0.6) is 0 Å². The summed E-state index contributed by atoms with van der Waals surface area (Å²) >= 11 is 0. The van der Waals surface area contributed by atoms with Gasteiger partial charge in [0.1, 0.15) is 5.78 Å². The standard InChI is InChI=1S/C25H43NO4/c1-18-8-4-3-5-12-23(13-6-9-18)26-24(28)21-15-14-20(19(2)27)10-7-11-22(17-16-21)25(29)30/h18,20-23H,3-17H2,1-2H3,(H,26,28)(H,29,30). The molecule has 2 aliphatic carbocycles. The number of carboxylic acids is 1. The molecule has 0 aromatic heterocycles. The zero-order valence-corrected chi connectivity index (χ0v) is 19.2. The molecule has 2 fully saturated rings. The largest absolute Gasteiger partial charge is 0.481 e. The first-order valence-corrected chi connectivity index (χ1v) is 12.4. The molecule has 5 unspecified atom stereocenters. The van der Waals surface area contributed by atoms with Gasteiger partial charge in [0.25, 0.3) is 0 Å². The molecule has 0 aliphatic heterocycles. The lowest BCUT2D eigenvalue weighted by Gasteiger charge is -2.27. The number of aliphatic carboxylic acids is 1. The van der Waals surface area contributed by atoms with Crippen molar-refractivity contribution in [3.8, 4) is 0 Å². The summed E-state index contributed by atoms with van der Waals surface area (Å²) in [5.74, 6) is -0.366. The minimum absolute atomic E-state index is 0.0389. The number of carboxylic acid groups (broad SMARTS) is 1. The molecule has 0 bridgehead atoms. The number of rotatable bonds is 4. The molecule has 2 aliphatic rings. The fraction of sp³-hybridized carbons (Fsp3) is 0.880. The molecule has 2 N–H and O–H groups in total. The number of hydrogen-bond donors (Lipinski definition) is 2. The summed E-state index contributed by atoms with van der Waals surface area (Å²) in [4.78, 5) is 36.8. The number of amides is 1. The lowest BCUT2D eigenvalue weighted by Crippen LogP contribution is -2.39.